The summed E-state index contributed by atoms with van der Waals surface area (Å²) in [7, 11) is 1.33. The van der Waals surface area contributed by atoms with E-state index in [4.69, 9.17) is 4.74 Å². The number of aromatic nitrogens is 1. The van der Waals surface area contributed by atoms with Crippen LogP contribution in [0.5, 0.6) is 0 Å². The van der Waals surface area contributed by atoms with Crippen molar-refractivity contribution >= 4 is 12.1 Å². The van der Waals surface area contributed by atoms with E-state index in [9.17, 15) is 9.59 Å². The van der Waals surface area contributed by atoms with Crippen LogP contribution < -0.4 is 5.32 Å². The first kappa shape index (κ1) is 18.4. The summed E-state index contributed by atoms with van der Waals surface area (Å²) in [5.41, 5.74) is 1.71. The number of alkyl carbamates (subject to hydrolysis) is 1. The Labute approximate surface area is 147 Å². The van der Waals surface area contributed by atoms with Crippen LogP contribution >= 0.6 is 0 Å². The van der Waals surface area contributed by atoms with Crippen LogP contribution in [0.2, 0.25) is 0 Å². The number of ether oxygens (including phenoxy) is 2. The molecule has 132 valence electrons. The third-order valence-electron chi connectivity index (χ3n) is 3.78. The lowest BCUT2D eigenvalue weighted by Gasteiger charge is -2.20. The van der Waals surface area contributed by atoms with Gasteiger partial charge in [0.1, 0.15) is 6.10 Å². The van der Waals surface area contributed by atoms with Crippen LogP contribution in [0.15, 0.2) is 54.9 Å². The van der Waals surface area contributed by atoms with Crippen molar-refractivity contribution in [3.05, 3.63) is 66.0 Å². The largest absolute Gasteiger partial charge is 0.469 e. The van der Waals surface area contributed by atoms with Crippen molar-refractivity contribution in [2.45, 2.75) is 31.9 Å². The van der Waals surface area contributed by atoms with Gasteiger partial charge in [-0.15, -0.1) is 0 Å². The Balaban J connectivity index is 2.00. The summed E-state index contributed by atoms with van der Waals surface area (Å²) in [6, 6.07) is 13.0. The Bertz CT molecular complexity index is 676. The average Bonchev–Trinajstić information content (AvgIpc) is 2.66. The monoisotopic (exact) mass is 342 g/mol. The summed E-state index contributed by atoms with van der Waals surface area (Å²) in [5.74, 6) is -0.351. The maximum atomic E-state index is 12.3. The molecule has 0 aliphatic rings. The molecule has 6 nitrogen and oxygen atoms in total. The minimum atomic E-state index is -0.573. The lowest BCUT2D eigenvalue weighted by molar-refractivity contribution is -0.141. The number of carbonyl (C=O) groups is 2. The Morgan fingerprint density at radius 3 is 2.48 bits per heavy atom. The second-order valence-corrected chi connectivity index (χ2v) is 5.57. The smallest absolute Gasteiger partial charge is 0.408 e. The molecule has 0 fully saturated rings. The Hall–Kier alpha value is -2.89. The minimum absolute atomic E-state index is 0.150. The molecule has 1 amide bonds. The lowest BCUT2D eigenvalue weighted by Crippen LogP contribution is -2.29. The van der Waals surface area contributed by atoms with Gasteiger partial charge in [-0.05, 0) is 25.0 Å². The van der Waals surface area contributed by atoms with Crippen LogP contribution in [0, 0.1) is 0 Å². The summed E-state index contributed by atoms with van der Waals surface area (Å²) < 4.78 is 10.2. The van der Waals surface area contributed by atoms with Crippen LogP contribution in [-0.4, -0.2) is 24.2 Å². The Kier molecular flexibility index (Phi) is 6.95. The molecule has 6 heteroatoms. The van der Waals surface area contributed by atoms with Gasteiger partial charge in [-0.1, -0.05) is 36.4 Å². The molecule has 0 radical (unpaired) electrons. The number of amides is 1. The van der Waals surface area contributed by atoms with E-state index in [1.807, 2.05) is 43.3 Å². The molecule has 0 saturated heterocycles. The molecular weight excluding hydrogens is 320 g/mol. The third kappa shape index (κ3) is 5.91. The number of hydrogen-bond donors (Lipinski definition) is 1. The molecule has 0 unspecified atom stereocenters. The van der Waals surface area contributed by atoms with Gasteiger partial charge in [0.25, 0.3) is 0 Å². The van der Waals surface area contributed by atoms with Crippen LogP contribution in [0.3, 0.4) is 0 Å². The van der Waals surface area contributed by atoms with Crippen molar-refractivity contribution in [1.29, 1.82) is 0 Å². The van der Waals surface area contributed by atoms with E-state index in [0.29, 0.717) is 6.42 Å². The first-order valence-electron chi connectivity index (χ1n) is 8.09. The van der Waals surface area contributed by atoms with Crippen molar-refractivity contribution < 1.29 is 19.1 Å². The first-order valence-corrected chi connectivity index (χ1v) is 8.09. The number of nitrogens with one attached hydrogen (secondary N) is 1. The summed E-state index contributed by atoms with van der Waals surface area (Å²) in [6.07, 6.45) is 2.61. The molecule has 2 aromatic rings. The number of pyridine rings is 1. The van der Waals surface area contributed by atoms with Crippen molar-refractivity contribution in [1.82, 2.24) is 10.3 Å². The van der Waals surface area contributed by atoms with Crippen LogP contribution in [0.1, 0.15) is 43.0 Å². The van der Waals surface area contributed by atoms with Gasteiger partial charge in [0, 0.05) is 24.4 Å². The number of esters is 1. The number of carbonyl (C=O) groups excluding carboxylic acids is 2. The summed E-state index contributed by atoms with van der Waals surface area (Å²) in [4.78, 5) is 27.7. The maximum Gasteiger partial charge on any atom is 0.408 e. The second-order valence-electron chi connectivity index (χ2n) is 5.57. The third-order valence-corrected chi connectivity index (χ3v) is 3.78. The fourth-order valence-electron chi connectivity index (χ4n) is 2.38. The molecule has 0 spiro atoms. The predicted molar refractivity (Wildman–Crippen MR) is 92.7 cm³/mol. The van der Waals surface area contributed by atoms with E-state index in [2.05, 4.69) is 15.0 Å². The van der Waals surface area contributed by atoms with E-state index in [1.165, 1.54) is 7.11 Å². The molecule has 1 heterocycles. The number of rotatable bonds is 7. The highest BCUT2D eigenvalue weighted by Gasteiger charge is 2.20. The molecule has 1 N–H and O–H groups in total. The fraction of sp³-hybridized carbons (Fsp3) is 0.316. The molecule has 2 rings (SSSR count). The topological polar surface area (TPSA) is 77.5 Å². The van der Waals surface area contributed by atoms with Crippen LogP contribution in [0.4, 0.5) is 4.79 Å². The standard InChI is InChI=1S/C19H22N2O4/c1-14(15-7-4-3-5-8-15)21-19(23)25-17(10-11-18(22)24-2)16-9-6-12-20-13-16/h3-9,12-14,17H,10-11H2,1-2H3,(H,21,23)/t14-,17-/m0/s1. The summed E-state index contributed by atoms with van der Waals surface area (Å²) in [6.45, 7) is 1.88. The average molecular weight is 342 g/mol. The van der Waals surface area contributed by atoms with E-state index >= 15 is 0 Å². The van der Waals surface area contributed by atoms with Gasteiger partial charge in [0.05, 0.1) is 13.2 Å². The van der Waals surface area contributed by atoms with E-state index in [-0.39, 0.29) is 18.4 Å². The number of hydrogen-bond acceptors (Lipinski definition) is 5. The summed E-state index contributed by atoms with van der Waals surface area (Å²) in [5, 5.41) is 2.80. The highest BCUT2D eigenvalue weighted by Crippen LogP contribution is 2.23. The molecule has 0 saturated carbocycles. The van der Waals surface area contributed by atoms with Crippen LogP contribution in [0.25, 0.3) is 0 Å². The number of methoxy groups -OCH3 is 1. The van der Waals surface area contributed by atoms with Crippen LogP contribution in [-0.2, 0) is 14.3 Å². The highest BCUT2D eigenvalue weighted by molar-refractivity contribution is 5.70. The quantitative estimate of drug-likeness (QED) is 0.779. The molecule has 2 atom stereocenters. The normalized spacial score (nSPS) is 12.7. The zero-order chi connectivity index (χ0) is 18.1. The molecule has 1 aromatic carbocycles. The second kappa shape index (κ2) is 9.42. The van der Waals surface area contributed by atoms with Gasteiger partial charge >= 0.3 is 12.1 Å². The van der Waals surface area contributed by atoms with E-state index in [1.54, 1.807) is 18.5 Å². The molecular formula is C19H22N2O4. The minimum Gasteiger partial charge on any atom is -0.469 e. The van der Waals surface area contributed by atoms with Gasteiger partial charge < -0.3 is 14.8 Å². The van der Waals surface area contributed by atoms with Gasteiger partial charge in [-0.2, -0.15) is 0 Å². The first-order chi connectivity index (χ1) is 12.1. The Morgan fingerprint density at radius 2 is 1.84 bits per heavy atom. The van der Waals surface area contributed by atoms with E-state index in [0.717, 1.165) is 11.1 Å². The summed E-state index contributed by atoms with van der Waals surface area (Å²) >= 11 is 0. The molecule has 25 heavy (non-hydrogen) atoms. The highest BCUT2D eigenvalue weighted by atomic mass is 16.6. The molecule has 0 aliphatic heterocycles. The maximum absolute atomic E-state index is 12.3. The molecule has 0 aliphatic carbocycles. The van der Waals surface area contributed by atoms with Gasteiger partial charge in [-0.3, -0.25) is 9.78 Å². The SMILES string of the molecule is COC(=O)CC[C@H](OC(=O)N[C@@H](C)c1ccccc1)c1cccnc1. The van der Waals surface area contributed by atoms with Crippen molar-refractivity contribution in [3.8, 4) is 0 Å². The van der Waals surface area contributed by atoms with E-state index < -0.39 is 12.2 Å². The van der Waals surface area contributed by atoms with Gasteiger partial charge in [0.2, 0.25) is 0 Å². The lowest BCUT2D eigenvalue weighted by atomic mass is 10.1. The fourth-order valence-corrected chi connectivity index (χ4v) is 2.38. The Morgan fingerprint density at radius 1 is 1.12 bits per heavy atom. The van der Waals surface area contributed by atoms with Crippen molar-refractivity contribution in [2.75, 3.05) is 7.11 Å². The van der Waals surface area contributed by atoms with Crippen molar-refractivity contribution in [2.24, 2.45) is 0 Å². The number of nitrogens with zero attached hydrogens (tertiary/aromatic N) is 1. The zero-order valence-corrected chi connectivity index (χ0v) is 14.3. The predicted octanol–water partition coefficient (Wildman–Crippen LogP) is 3.56. The van der Waals surface area contributed by atoms with Gasteiger partial charge in [0.15, 0.2) is 0 Å². The zero-order valence-electron chi connectivity index (χ0n) is 14.3. The van der Waals surface area contributed by atoms with Crippen molar-refractivity contribution in [3.63, 3.8) is 0 Å². The van der Waals surface area contributed by atoms with Gasteiger partial charge in [-0.25, -0.2) is 4.79 Å². The molecule has 0 bridgehead atoms. The number of benzene rings is 1. The molecule has 1 aromatic heterocycles.